The summed E-state index contributed by atoms with van der Waals surface area (Å²) in [7, 11) is 6.53. The average Bonchev–Trinajstić information content (AvgIpc) is 2.71. The molecule has 0 aliphatic heterocycles. The SMILES string of the molecule is CNCCN(C)C(=O)c1cc(OC)c(OC)cc1NC(=O)c1ccccc1.Cl. The van der Waals surface area contributed by atoms with Crippen molar-refractivity contribution < 1.29 is 19.1 Å². The van der Waals surface area contributed by atoms with Crippen LogP contribution in [0.2, 0.25) is 0 Å². The predicted octanol–water partition coefficient (Wildman–Crippen LogP) is 2.67. The number of hydrogen-bond donors (Lipinski definition) is 2. The molecule has 0 fully saturated rings. The Morgan fingerprint density at radius 2 is 1.64 bits per heavy atom. The van der Waals surface area contributed by atoms with Crippen molar-refractivity contribution in [1.29, 1.82) is 0 Å². The van der Waals surface area contributed by atoms with E-state index in [1.165, 1.54) is 14.2 Å². The van der Waals surface area contributed by atoms with Gasteiger partial charge >= 0.3 is 0 Å². The zero-order valence-electron chi connectivity index (χ0n) is 16.4. The van der Waals surface area contributed by atoms with E-state index in [4.69, 9.17) is 9.47 Å². The van der Waals surface area contributed by atoms with Gasteiger partial charge in [0.1, 0.15) is 0 Å². The number of hydrogen-bond acceptors (Lipinski definition) is 5. The van der Waals surface area contributed by atoms with Gasteiger partial charge in [0, 0.05) is 31.8 Å². The molecule has 152 valence electrons. The van der Waals surface area contributed by atoms with Crippen molar-refractivity contribution in [3.63, 3.8) is 0 Å². The Kier molecular flexibility index (Phi) is 9.27. The number of carbonyl (C=O) groups excluding carboxylic acids is 2. The number of carbonyl (C=O) groups is 2. The maximum absolute atomic E-state index is 12.9. The van der Waals surface area contributed by atoms with E-state index in [9.17, 15) is 9.59 Å². The van der Waals surface area contributed by atoms with Gasteiger partial charge in [-0.05, 0) is 25.2 Å². The van der Waals surface area contributed by atoms with Crippen molar-refractivity contribution in [3.05, 3.63) is 53.6 Å². The molecule has 2 N–H and O–H groups in total. The molecule has 0 spiro atoms. The quantitative estimate of drug-likeness (QED) is 0.703. The Hall–Kier alpha value is -2.77. The van der Waals surface area contributed by atoms with Gasteiger partial charge in [-0.15, -0.1) is 12.4 Å². The highest BCUT2D eigenvalue weighted by Gasteiger charge is 2.21. The summed E-state index contributed by atoms with van der Waals surface area (Å²) in [4.78, 5) is 27.1. The van der Waals surface area contributed by atoms with Gasteiger partial charge in [-0.1, -0.05) is 18.2 Å². The number of nitrogens with one attached hydrogen (secondary N) is 2. The van der Waals surface area contributed by atoms with Crippen LogP contribution in [-0.2, 0) is 0 Å². The number of likely N-dealkylation sites (N-methyl/N-ethyl adjacent to an activating group) is 2. The van der Waals surface area contributed by atoms with Crippen molar-refractivity contribution in [2.45, 2.75) is 0 Å². The molecule has 8 heteroatoms. The molecule has 0 aliphatic carbocycles. The van der Waals surface area contributed by atoms with Gasteiger partial charge in [0.2, 0.25) is 0 Å². The zero-order chi connectivity index (χ0) is 19.8. The lowest BCUT2D eigenvalue weighted by Crippen LogP contribution is -2.33. The van der Waals surface area contributed by atoms with Crippen molar-refractivity contribution in [1.82, 2.24) is 10.2 Å². The number of nitrogens with zero attached hydrogens (tertiary/aromatic N) is 1. The maximum atomic E-state index is 12.9. The van der Waals surface area contributed by atoms with Gasteiger partial charge in [-0.3, -0.25) is 9.59 Å². The Morgan fingerprint density at radius 1 is 1.04 bits per heavy atom. The molecular formula is C20H26ClN3O4. The Bertz CT molecular complexity index is 800. The number of anilines is 1. The summed E-state index contributed by atoms with van der Waals surface area (Å²) < 4.78 is 10.6. The zero-order valence-corrected chi connectivity index (χ0v) is 17.3. The molecule has 0 bridgehead atoms. The second-order valence-electron chi connectivity index (χ2n) is 5.90. The van der Waals surface area contributed by atoms with E-state index >= 15 is 0 Å². The van der Waals surface area contributed by atoms with Crippen LogP contribution >= 0.6 is 12.4 Å². The van der Waals surface area contributed by atoms with Crippen LogP contribution in [0.3, 0.4) is 0 Å². The summed E-state index contributed by atoms with van der Waals surface area (Å²) in [5.41, 5.74) is 1.19. The first-order valence-corrected chi connectivity index (χ1v) is 8.54. The van der Waals surface area contributed by atoms with E-state index in [-0.39, 0.29) is 24.2 Å². The number of rotatable bonds is 8. The minimum Gasteiger partial charge on any atom is -0.493 e. The molecule has 28 heavy (non-hydrogen) atoms. The van der Waals surface area contributed by atoms with E-state index in [0.717, 1.165) is 0 Å². The lowest BCUT2D eigenvalue weighted by Gasteiger charge is -2.21. The third kappa shape index (κ3) is 5.61. The number of methoxy groups -OCH3 is 2. The van der Waals surface area contributed by atoms with Gasteiger partial charge in [-0.25, -0.2) is 0 Å². The number of halogens is 1. The van der Waals surface area contributed by atoms with Gasteiger partial charge in [0.15, 0.2) is 11.5 Å². The van der Waals surface area contributed by atoms with E-state index in [2.05, 4.69) is 10.6 Å². The normalized spacial score (nSPS) is 9.86. The third-order valence-corrected chi connectivity index (χ3v) is 4.08. The largest absolute Gasteiger partial charge is 0.493 e. The fraction of sp³-hybridized carbons (Fsp3) is 0.300. The molecule has 0 aliphatic rings. The number of ether oxygens (including phenoxy) is 2. The highest BCUT2D eigenvalue weighted by molar-refractivity contribution is 6.09. The van der Waals surface area contributed by atoms with Crippen molar-refractivity contribution in [2.24, 2.45) is 0 Å². The van der Waals surface area contributed by atoms with Crippen LogP contribution in [0.1, 0.15) is 20.7 Å². The minimum absolute atomic E-state index is 0. The summed E-state index contributed by atoms with van der Waals surface area (Å²) in [6, 6.07) is 12.0. The van der Waals surface area contributed by atoms with E-state index in [1.54, 1.807) is 48.3 Å². The van der Waals surface area contributed by atoms with Gasteiger partial charge in [-0.2, -0.15) is 0 Å². The highest BCUT2D eigenvalue weighted by Crippen LogP contribution is 2.34. The van der Waals surface area contributed by atoms with Gasteiger partial charge in [0.05, 0.1) is 25.5 Å². The smallest absolute Gasteiger partial charge is 0.255 e. The molecule has 7 nitrogen and oxygen atoms in total. The summed E-state index contributed by atoms with van der Waals surface area (Å²) in [6.45, 7) is 1.18. The Labute approximate surface area is 171 Å². The fourth-order valence-corrected chi connectivity index (χ4v) is 2.53. The average molecular weight is 408 g/mol. The van der Waals surface area contributed by atoms with E-state index < -0.39 is 0 Å². The molecule has 0 saturated heterocycles. The summed E-state index contributed by atoms with van der Waals surface area (Å²) in [5, 5.41) is 5.81. The first-order valence-electron chi connectivity index (χ1n) is 8.54. The maximum Gasteiger partial charge on any atom is 0.255 e. The Morgan fingerprint density at radius 3 is 2.21 bits per heavy atom. The molecule has 2 amide bonds. The van der Waals surface area contributed by atoms with Crippen molar-refractivity contribution in [3.8, 4) is 11.5 Å². The second-order valence-corrected chi connectivity index (χ2v) is 5.90. The fourth-order valence-electron chi connectivity index (χ4n) is 2.53. The summed E-state index contributed by atoms with van der Waals surface area (Å²) >= 11 is 0. The minimum atomic E-state index is -0.310. The lowest BCUT2D eigenvalue weighted by atomic mass is 10.1. The first kappa shape index (κ1) is 23.3. The number of benzene rings is 2. The molecule has 0 heterocycles. The molecule has 0 radical (unpaired) electrons. The van der Waals surface area contributed by atoms with E-state index in [1.807, 2.05) is 13.1 Å². The summed E-state index contributed by atoms with van der Waals surface area (Å²) in [6.07, 6.45) is 0. The monoisotopic (exact) mass is 407 g/mol. The van der Waals surface area contributed by atoms with Gasteiger partial charge in [0.25, 0.3) is 11.8 Å². The summed E-state index contributed by atoms with van der Waals surface area (Å²) in [5.74, 6) is 0.306. The molecule has 2 aromatic rings. The van der Waals surface area contributed by atoms with Crippen LogP contribution in [0.15, 0.2) is 42.5 Å². The van der Waals surface area contributed by atoms with Crippen LogP contribution < -0.4 is 20.1 Å². The molecule has 0 aromatic heterocycles. The molecular weight excluding hydrogens is 382 g/mol. The number of amides is 2. The Balaban J connectivity index is 0.00000392. The second kappa shape index (κ2) is 11.2. The van der Waals surface area contributed by atoms with E-state index in [0.29, 0.717) is 41.4 Å². The molecule has 0 saturated carbocycles. The standard InChI is InChI=1S/C20H25N3O4.ClH/c1-21-10-11-23(2)20(25)15-12-17(26-3)18(27-4)13-16(15)22-19(24)14-8-6-5-7-9-14;/h5-9,12-13,21H,10-11H2,1-4H3,(H,22,24);1H. The van der Waals surface area contributed by atoms with Crippen LogP contribution in [0.4, 0.5) is 5.69 Å². The molecule has 2 aromatic carbocycles. The van der Waals surface area contributed by atoms with Gasteiger partial charge < -0.3 is 25.0 Å². The molecule has 2 rings (SSSR count). The third-order valence-electron chi connectivity index (χ3n) is 4.08. The first-order chi connectivity index (χ1) is 13.0. The molecule has 0 unspecified atom stereocenters. The van der Waals surface area contributed by atoms with Crippen LogP contribution in [0, 0.1) is 0 Å². The topological polar surface area (TPSA) is 79.9 Å². The van der Waals surface area contributed by atoms with Crippen molar-refractivity contribution in [2.75, 3.05) is 46.7 Å². The van der Waals surface area contributed by atoms with Crippen molar-refractivity contribution >= 4 is 29.9 Å². The highest BCUT2D eigenvalue weighted by atomic mass is 35.5. The van der Waals surface area contributed by atoms with Crippen LogP contribution in [0.25, 0.3) is 0 Å². The lowest BCUT2D eigenvalue weighted by molar-refractivity contribution is 0.0797. The molecule has 0 atom stereocenters. The predicted molar refractivity (Wildman–Crippen MR) is 112 cm³/mol. The van der Waals surface area contributed by atoms with Crippen LogP contribution in [-0.4, -0.2) is 58.1 Å². The van der Waals surface area contributed by atoms with Crippen LogP contribution in [0.5, 0.6) is 11.5 Å².